The number of hydrogen-bond acceptors (Lipinski definition) is 6. The molecular formula is C21H18F3N5O5. The van der Waals surface area contributed by atoms with E-state index in [4.69, 9.17) is 0 Å². The number of alkyl halides is 3. The molecule has 1 amide bonds. The Hall–Kier alpha value is -4.16. The van der Waals surface area contributed by atoms with Crippen molar-refractivity contribution < 1.29 is 22.9 Å². The van der Waals surface area contributed by atoms with Gasteiger partial charge in [0.15, 0.2) is 0 Å². The molecule has 0 saturated carbocycles. The maximum atomic E-state index is 12.9. The Morgan fingerprint density at radius 3 is 2.29 bits per heavy atom. The number of nitro groups is 1. The van der Waals surface area contributed by atoms with Crippen LogP contribution in [0.5, 0.6) is 0 Å². The van der Waals surface area contributed by atoms with E-state index in [0.29, 0.717) is 6.07 Å². The maximum Gasteiger partial charge on any atom is 0.416 e. The molecule has 0 spiro atoms. The molecule has 2 aromatic carbocycles. The second-order valence-electron chi connectivity index (χ2n) is 7.70. The maximum absolute atomic E-state index is 12.9. The van der Waals surface area contributed by atoms with Gasteiger partial charge >= 0.3 is 6.18 Å². The van der Waals surface area contributed by atoms with E-state index >= 15 is 0 Å². The third-order valence-corrected chi connectivity index (χ3v) is 5.65. The van der Waals surface area contributed by atoms with Crippen molar-refractivity contribution >= 4 is 28.1 Å². The second kappa shape index (κ2) is 8.65. The normalized spacial score (nSPS) is 14.4. The lowest BCUT2D eigenvalue weighted by atomic mass is 10.1. The predicted molar refractivity (Wildman–Crippen MR) is 116 cm³/mol. The van der Waals surface area contributed by atoms with E-state index in [1.807, 2.05) is 0 Å². The average molecular weight is 477 g/mol. The van der Waals surface area contributed by atoms with Crippen LogP contribution in [0, 0.1) is 10.1 Å². The van der Waals surface area contributed by atoms with E-state index < -0.39 is 45.9 Å². The number of benzene rings is 2. The Balaban J connectivity index is 1.49. The van der Waals surface area contributed by atoms with Crippen LogP contribution in [0.3, 0.4) is 0 Å². The van der Waals surface area contributed by atoms with Gasteiger partial charge in [0.25, 0.3) is 16.8 Å². The number of aromatic amines is 1. The van der Waals surface area contributed by atoms with Crippen LogP contribution >= 0.6 is 0 Å². The molecule has 1 saturated heterocycles. The van der Waals surface area contributed by atoms with Gasteiger partial charge in [-0.05, 0) is 24.3 Å². The number of anilines is 1. The van der Waals surface area contributed by atoms with Crippen molar-refractivity contribution in [2.24, 2.45) is 0 Å². The highest BCUT2D eigenvalue weighted by Crippen LogP contribution is 2.36. The van der Waals surface area contributed by atoms with Crippen LogP contribution in [0.2, 0.25) is 0 Å². The van der Waals surface area contributed by atoms with Crippen LogP contribution in [0.25, 0.3) is 10.8 Å². The van der Waals surface area contributed by atoms with Crippen LogP contribution in [0.15, 0.2) is 52.1 Å². The molecule has 0 radical (unpaired) electrons. The van der Waals surface area contributed by atoms with E-state index in [1.165, 1.54) is 21.9 Å². The van der Waals surface area contributed by atoms with Gasteiger partial charge in [-0.15, -0.1) is 0 Å². The monoisotopic (exact) mass is 477 g/mol. The van der Waals surface area contributed by atoms with Crippen LogP contribution in [-0.4, -0.2) is 51.7 Å². The summed E-state index contributed by atoms with van der Waals surface area (Å²) in [7, 11) is 0. The number of rotatable bonds is 4. The third-order valence-electron chi connectivity index (χ3n) is 5.65. The van der Waals surface area contributed by atoms with Crippen LogP contribution in [-0.2, 0) is 17.5 Å². The summed E-state index contributed by atoms with van der Waals surface area (Å²) >= 11 is 0. The number of aromatic nitrogens is 2. The molecule has 1 aromatic heterocycles. The van der Waals surface area contributed by atoms with Crippen molar-refractivity contribution in [3.05, 3.63) is 78.8 Å². The summed E-state index contributed by atoms with van der Waals surface area (Å²) in [5.74, 6) is -0.449. The largest absolute Gasteiger partial charge is 0.416 e. The molecule has 3 aromatic rings. The minimum absolute atomic E-state index is 0.0279. The molecule has 4 rings (SSSR count). The molecule has 10 nitrogen and oxygen atoms in total. The highest BCUT2D eigenvalue weighted by atomic mass is 19.4. The van der Waals surface area contributed by atoms with Crippen LogP contribution < -0.4 is 16.0 Å². The Kier molecular flexibility index (Phi) is 5.85. The van der Waals surface area contributed by atoms with Crippen molar-refractivity contribution in [1.82, 2.24) is 14.7 Å². The molecular weight excluding hydrogens is 459 g/mol. The average Bonchev–Trinajstić information content (AvgIpc) is 2.81. The van der Waals surface area contributed by atoms with Crippen molar-refractivity contribution in [1.29, 1.82) is 0 Å². The van der Waals surface area contributed by atoms with E-state index in [0.717, 1.165) is 16.8 Å². The lowest BCUT2D eigenvalue weighted by molar-refractivity contribution is -0.384. The number of carbonyl (C=O) groups excluding carboxylic acids is 1. The SMILES string of the molecule is O=C(Cn1[nH]c(=O)c2ccccc2c1=O)N1CCN(c2ccc(C(F)(F)F)cc2[N+](=O)[O-])CC1. The molecule has 1 aliphatic rings. The summed E-state index contributed by atoms with van der Waals surface area (Å²) in [5, 5.41) is 14.1. The molecule has 1 fully saturated rings. The Bertz CT molecular complexity index is 1390. The summed E-state index contributed by atoms with van der Waals surface area (Å²) < 4.78 is 39.7. The number of piperazine rings is 1. The first-order chi connectivity index (χ1) is 16.1. The fourth-order valence-electron chi connectivity index (χ4n) is 3.90. The van der Waals surface area contributed by atoms with Gasteiger partial charge in [-0.25, -0.2) is 4.68 Å². The Morgan fingerprint density at radius 2 is 1.68 bits per heavy atom. The number of H-pyrrole nitrogens is 1. The van der Waals surface area contributed by atoms with Gasteiger partial charge in [-0.2, -0.15) is 13.2 Å². The van der Waals surface area contributed by atoms with Gasteiger partial charge in [-0.3, -0.25) is 29.6 Å². The fraction of sp³-hybridized carbons (Fsp3) is 0.286. The van der Waals surface area contributed by atoms with Gasteiger partial charge in [0.2, 0.25) is 5.91 Å². The molecule has 0 aliphatic carbocycles. The minimum atomic E-state index is -4.71. The summed E-state index contributed by atoms with van der Waals surface area (Å²) in [6.45, 7) is 0.134. The molecule has 1 N–H and O–H groups in total. The number of amides is 1. The molecule has 0 atom stereocenters. The first kappa shape index (κ1) is 23.0. The van der Waals surface area contributed by atoms with Crippen molar-refractivity contribution in [3.63, 3.8) is 0 Å². The number of carbonyl (C=O) groups is 1. The fourth-order valence-corrected chi connectivity index (χ4v) is 3.90. The van der Waals surface area contributed by atoms with Crippen LogP contribution in [0.4, 0.5) is 24.5 Å². The zero-order valence-electron chi connectivity index (χ0n) is 17.5. The number of nitro benzene ring substituents is 1. The molecule has 178 valence electrons. The highest BCUT2D eigenvalue weighted by Gasteiger charge is 2.34. The highest BCUT2D eigenvalue weighted by molar-refractivity contribution is 5.81. The number of fused-ring (bicyclic) bond motifs is 1. The Morgan fingerprint density at radius 1 is 1.03 bits per heavy atom. The van der Waals surface area contributed by atoms with Gasteiger partial charge < -0.3 is 9.80 Å². The van der Waals surface area contributed by atoms with Crippen molar-refractivity contribution in [2.75, 3.05) is 31.1 Å². The van der Waals surface area contributed by atoms with Crippen molar-refractivity contribution in [3.8, 4) is 0 Å². The first-order valence-corrected chi connectivity index (χ1v) is 10.2. The molecule has 2 heterocycles. The summed E-state index contributed by atoms with van der Waals surface area (Å²) in [6, 6.07) is 8.54. The zero-order chi connectivity index (χ0) is 24.6. The summed E-state index contributed by atoms with van der Waals surface area (Å²) in [5.41, 5.74) is -2.80. The van der Waals surface area contributed by atoms with E-state index in [9.17, 15) is 37.7 Å². The minimum Gasteiger partial charge on any atom is -0.362 e. The number of nitrogens with one attached hydrogen (secondary N) is 1. The number of halogens is 3. The third kappa shape index (κ3) is 4.36. The van der Waals surface area contributed by atoms with E-state index in [2.05, 4.69) is 5.10 Å². The molecule has 0 bridgehead atoms. The molecule has 1 aliphatic heterocycles. The molecule has 13 heteroatoms. The second-order valence-corrected chi connectivity index (χ2v) is 7.70. The Labute approximate surface area is 188 Å². The van der Waals surface area contributed by atoms with E-state index in [1.54, 1.807) is 12.1 Å². The van der Waals surface area contributed by atoms with Gasteiger partial charge in [0.05, 0.1) is 21.3 Å². The van der Waals surface area contributed by atoms with Gasteiger partial charge in [0.1, 0.15) is 12.2 Å². The molecule has 34 heavy (non-hydrogen) atoms. The quantitative estimate of drug-likeness (QED) is 0.453. The zero-order valence-corrected chi connectivity index (χ0v) is 17.5. The van der Waals surface area contributed by atoms with E-state index in [-0.39, 0.29) is 42.6 Å². The number of nitrogens with zero attached hydrogens (tertiary/aromatic N) is 4. The first-order valence-electron chi connectivity index (χ1n) is 10.2. The van der Waals surface area contributed by atoms with Crippen molar-refractivity contribution in [2.45, 2.75) is 12.7 Å². The smallest absolute Gasteiger partial charge is 0.362 e. The molecule has 0 unspecified atom stereocenters. The number of hydrogen-bond donors (Lipinski definition) is 1. The lowest BCUT2D eigenvalue weighted by Crippen LogP contribution is -2.50. The van der Waals surface area contributed by atoms with Gasteiger partial charge in [-0.1, -0.05) is 12.1 Å². The lowest BCUT2D eigenvalue weighted by Gasteiger charge is -2.36. The summed E-state index contributed by atoms with van der Waals surface area (Å²) in [4.78, 5) is 51.0. The van der Waals surface area contributed by atoms with Gasteiger partial charge in [0, 0.05) is 32.2 Å². The predicted octanol–water partition coefficient (Wildman–Crippen LogP) is 1.97. The van der Waals surface area contributed by atoms with Crippen LogP contribution in [0.1, 0.15) is 5.56 Å². The topological polar surface area (TPSA) is 122 Å². The summed E-state index contributed by atoms with van der Waals surface area (Å²) in [6.07, 6.45) is -4.71. The standard InChI is InChI=1S/C21H18F3N5O5/c22-21(23,24)13-5-6-16(17(11-13)29(33)34)26-7-9-27(10-8-26)18(30)12-28-20(32)15-4-2-1-3-14(15)19(31)25-28/h1-6,11H,7-10,12H2,(H,25,31).